The number of aliphatic hydroxyl groups is 1. The summed E-state index contributed by atoms with van der Waals surface area (Å²) in [6, 6.07) is 12.5. The molecule has 2 aromatic carbocycles. The van der Waals surface area contributed by atoms with Crippen LogP contribution >= 0.6 is 0 Å². The second-order valence-corrected chi connectivity index (χ2v) is 4.31. The summed E-state index contributed by atoms with van der Waals surface area (Å²) in [6.45, 7) is 0. The molecular formula is C14H15NO3. The van der Waals surface area contributed by atoms with Crippen LogP contribution in [0.5, 0.6) is 0 Å². The van der Waals surface area contributed by atoms with E-state index in [1.165, 1.54) is 0 Å². The number of carbonyl (C=O) groups is 1. The minimum Gasteiger partial charge on any atom is -0.481 e. The van der Waals surface area contributed by atoms with Crippen LogP contribution in [0.4, 0.5) is 0 Å². The average Bonchev–Trinajstić information content (AvgIpc) is 2.36. The molecule has 4 nitrogen and oxygen atoms in total. The van der Waals surface area contributed by atoms with E-state index >= 15 is 0 Å². The van der Waals surface area contributed by atoms with E-state index in [1.807, 2.05) is 36.4 Å². The molecule has 0 aliphatic carbocycles. The first-order chi connectivity index (χ1) is 8.58. The minimum absolute atomic E-state index is 0.256. The molecule has 0 saturated heterocycles. The second-order valence-electron chi connectivity index (χ2n) is 4.31. The molecule has 0 spiro atoms. The molecular weight excluding hydrogens is 230 g/mol. The maximum atomic E-state index is 10.6. The van der Waals surface area contributed by atoms with Crippen LogP contribution in [0.25, 0.3) is 10.8 Å². The largest absolute Gasteiger partial charge is 0.481 e. The summed E-state index contributed by atoms with van der Waals surface area (Å²) >= 11 is 0. The number of fused-ring (bicyclic) bond motifs is 1. The zero-order chi connectivity index (χ0) is 13.1. The highest BCUT2D eigenvalue weighted by molar-refractivity contribution is 5.83. The fraction of sp³-hybridized carbons (Fsp3) is 0.214. The number of aliphatic hydroxyl groups excluding tert-OH is 1. The van der Waals surface area contributed by atoms with Gasteiger partial charge in [0.05, 0.1) is 12.5 Å². The first kappa shape index (κ1) is 12.5. The van der Waals surface area contributed by atoms with Gasteiger partial charge in [0.25, 0.3) is 0 Å². The number of carboxylic acid groups (broad SMARTS) is 1. The molecule has 2 atom stereocenters. The average molecular weight is 245 g/mol. The molecule has 0 radical (unpaired) electrons. The van der Waals surface area contributed by atoms with Crippen LogP contribution < -0.4 is 5.73 Å². The molecule has 18 heavy (non-hydrogen) atoms. The van der Waals surface area contributed by atoms with Gasteiger partial charge in [0.1, 0.15) is 0 Å². The molecule has 0 saturated carbocycles. The van der Waals surface area contributed by atoms with Crippen molar-refractivity contribution >= 4 is 16.7 Å². The second kappa shape index (κ2) is 5.16. The fourth-order valence-electron chi connectivity index (χ4n) is 1.95. The van der Waals surface area contributed by atoms with Crippen LogP contribution in [0.1, 0.15) is 18.1 Å². The lowest BCUT2D eigenvalue weighted by Gasteiger charge is -2.17. The summed E-state index contributed by atoms with van der Waals surface area (Å²) in [5, 5.41) is 20.7. The summed E-state index contributed by atoms with van der Waals surface area (Å²) in [5.74, 6) is -1.01. The van der Waals surface area contributed by atoms with Crippen LogP contribution in [-0.4, -0.2) is 22.2 Å². The van der Waals surface area contributed by atoms with Gasteiger partial charge in [-0.15, -0.1) is 0 Å². The summed E-state index contributed by atoms with van der Waals surface area (Å²) in [5.41, 5.74) is 6.30. The van der Waals surface area contributed by atoms with Gasteiger partial charge in [0.15, 0.2) is 0 Å². The molecule has 0 heterocycles. The molecule has 4 heteroatoms. The third-order valence-electron chi connectivity index (χ3n) is 2.93. The Morgan fingerprint density at radius 2 is 1.83 bits per heavy atom. The van der Waals surface area contributed by atoms with E-state index < -0.39 is 18.1 Å². The Morgan fingerprint density at radius 3 is 2.50 bits per heavy atom. The van der Waals surface area contributed by atoms with Crippen molar-refractivity contribution in [3.05, 3.63) is 48.0 Å². The highest BCUT2D eigenvalue weighted by atomic mass is 16.4. The first-order valence-electron chi connectivity index (χ1n) is 5.72. The van der Waals surface area contributed by atoms with Crippen molar-refractivity contribution in [2.75, 3.05) is 0 Å². The van der Waals surface area contributed by atoms with Gasteiger partial charge < -0.3 is 15.9 Å². The molecule has 2 rings (SSSR count). The number of benzene rings is 2. The summed E-state index contributed by atoms with van der Waals surface area (Å²) in [7, 11) is 0. The molecule has 4 N–H and O–H groups in total. The van der Waals surface area contributed by atoms with Crippen molar-refractivity contribution in [3.8, 4) is 0 Å². The lowest BCUT2D eigenvalue weighted by atomic mass is 9.98. The van der Waals surface area contributed by atoms with Crippen LogP contribution in [0.3, 0.4) is 0 Å². The predicted octanol–water partition coefficient (Wildman–Crippen LogP) is 1.68. The van der Waals surface area contributed by atoms with Gasteiger partial charge in [-0.2, -0.15) is 0 Å². The molecule has 0 amide bonds. The molecule has 0 aliphatic rings. The van der Waals surface area contributed by atoms with Crippen LogP contribution in [0, 0.1) is 0 Å². The van der Waals surface area contributed by atoms with Crippen molar-refractivity contribution in [1.82, 2.24) is 0 Å². The third-order valence-corrected chi connectivity index (χ3v) is 2.93. The van der Waals surface area contributed by atoms with Crippen molar-refractivity contribution in [2.24, 2.45) is 5.73 Å². The summed E-state index contributed by atoms with van der Waals surface area (Å²) in [4.78, 5) is 10.6. The van der Waals surface area contributed by atoms with Crippen LogP contribution in [0.2, 0.25) is 0 Å². The Balaban J connectivity index is 2.27. The lowest BCUT2D eigenvalue weighted by Crippen LogP contribution is -2.30. The predicted molar refractivity (Wildman–Crippen MR) is 69.1 cm³/mol. The molecule has 0 aromatic heterocycles. The van der Waals surface area contributed by atoms with Crippen molar-refractivity contribution in [2.45, 2.75) is 18.6 Å². The number of carboxylic acids is 1. The Morgan fingerprint density at radius 1 is 1.17 bits per heavy atom. The molecule has 0 bridgehead atoms. The summed E-state index contributed by atoms with van der Waals surface area (Å²) < 4.78 is 0. The third kappa shape index (κ3) is 2.67. The smallest absolute Gasteiger partial charge is 0.305 e. The molecule has 0 aliphatic heterocycles. The van der Waals surface area contributed by atoms with Gasteiger partial charge >= 0.3 is 5.97 Å². The minimum atomic E-state index is -1.01. The highest BCUT2D eigenvalue weighted by Gasteiger charge is 2.19. The Labute approximate surface area is 105 Å². The number of nitrogens with two attached hydrogens (primary N) is 1. The van der Waals surface area contributed by atoms with E-state index in [4.69, 9.17) is 10.8 Å². The number of aliphatic carboxylic acids is 1. The van der Waals surface area contributed by atoms with Crippen LogP contribution in [-0.2, 0) is 4.79 Å². The van der Waals surface area contributed by atoms with E-state index in [-0.39, 0.29) is 6.42 Å². The zero-order valence-corrected chi connectivity index (χ0v) is 9.78. The van der Waals surface area contributed by atoms with Crippen molar-refractivity contribution in [1.29, 1.82) is 0 Å². The maximum Gasteiger partial charge on any atom is 0.305 e. The molecule has 94 valence electrons. The highest BCUT2D eigenvalue weighted by Crippen LogP contribution is 2.22. The monoisotopic (exact) mass is 245 g/mol. The van der Waals surface area contributed by atoms with Crippen molar-refractivity contribution in [3.63, 3.8) is 0 Å². The fourth-order valence-corrected chi connectivity index (χ4v) is 1.95. The SMILES string of the molecule is NC(CC(=O)O)C(O)c1ccc2ccccc2c1. The zero-order valence-electron chi connectivity index (χ0n) is 9.78. The van der Waals surface area contributed by atoms with E-state index in [1.54, 1.807) is 6.07 Å². The Bertz CT molecular complexity index is 568. The molecule has 0 fully saturated rings. The lowest BCUT2D eigenvalue weighted by molar-refractivity contribution is -0.138. The van der Waals surface area contributed by atoms with Gasteiger partial charge in [0.2, 0.25) is 0 Å². The van der Waals surface area contributed by atoms with Gasteiger partial charge in [-0.25, -0.2) is 0 Å². The first-order valence-corrected chi connectivity index (χ1v) is 5.72. The van der Waals surface area contributed by atoms with Gasteiger partial charge in [-0.1, -0.05) is 36.4 Å². The van der Waals surface area contributed by atoms with E-state index in [9.17, 15) is 9.90 Å². The molecule has 2 unspecified atom stereocenters. The van der Waals surface area contributed by atoms with E-state index in [0.29, 0.717) is 5.56 Å². The summed E-state index contributed by atoms with van der Waals surface area (Å²) in [6.07, 6.45) is -1.22. The number of hydrogen-bond acceptors (Lipinski definition) is 3. The topological polar surface area (TPSA) is 83.6 Å². The van der Waals surface area contributed by atoms with E-state index in [2.05, 4.69) is 0 Å². The van der Waals surface area contributed by atoms with Crippen molar-refractivity contribution < 1.29 is 15.0 Å². The molecule has 2 aromatic rings. The quantitative estimate of drug-likeness (QED) is 0.765. The van der Waals surface area contributed by atoms with Gasteiger partial charge in [0, 0.05) is 6.04 Å². The van der Waals surface area contributed by atoms with Crippen LogP contribution in [0.15, 0.2) is 42.5 Å². The maximum absolute atomic E-state index is 10.6. The Kier molecular flexibility index (Phi) is 3.60. The van der Waals surface area contributed by atoms with Gasteiger partial charge in [-0.05, 0) is 22.4 Å². The Hall–Kier alpha value is -1.91. The number of hydrogen-bond donors (Lipinski definition) is 3. The normalized spacial score (nSPS) is 14.3. The van der Waals surface area contributed by atoms with E-state index in [0.717, 1.165) is 10.8 Å². The number of rotatable bonds is 4. The van der Waals surface area contributed by atoms with Gasteiger partial charge in [-0.3, -0.25) is 4.79 Å². The standard InChI is InChI=1S/C14H15NO3/c15-12(8-13(16)17)14(18)11-6-5-9-3-1-2-4-10(9)7-11/h1-7,12,14,18H,8,15H2,(H,16,17).